The summed E-state index contributed by atoms with van der Waals surface area (Å²) in [6.07, 6.45) is 0.417. The summed E-state index contributed by atoms with van der Waals surface area (Å²) in [6, 6.07) is 10.1. The average molecular weight is 507 g/mol. The van der Waals surface area contributed by atoms with Gasteiger partial charge in [0, 0.05) is 34.5 Å². The number of aromatic amines is 1. The Bertz CT molecular complexity index is 1500. The van der Waals surface area contributed by atoms with Crippen LogP contribution in [0.2, 0.25) is 0 Å². The molecular formula is C29H29F3N4O. The van der Waals surface area contributed by atoms with E-state index in [1.54, 1.807) is 24.4 Å². The molecule has 1 aliphatic rings. The maximum absolute atomic E-state index is 14.2. The lowest BCUT2D eigenvalue weighted by Crippen LogP contribution is -2.30. The third-order valence-electron chi connectivity index (χ3n) is 7.72. The summed E-state index contributed by atoms with van der Waals surface area (Å²) in [7, 11) is 2.00. The lowest BCUT2D eigenvalue weighted by atomic mass is 9.85. The fourth-order valence-electron chi connectivity index (χ4n) is 5.42. The number of H-pyrrole nitrogens is 1. The molecule has 3 N–H and O–H groups in total. The van der Waals surface area contributed by atoms with Crippen LogP contribution in [0.15, 0.2) is 48.8 Å². The molecule has 0 atom stereocenters. The highest BCUT2D eigenvalue weighted by molar-refractivity contribution is 5.99. The third kappa shape index (κ3) is 4.62. The number of halogens is 3. The molecule has 0 spiro atoms. The molecule has 192 valence electrons. The number of carbonyl (C=O) groups excluding carboxylic acids is 1. The van der Waals surface area contributed by atoms with Crippen LogP contribution in [0.3, 0.4) is 0 Å². The summed E-state index contributed by atoms with van der Waals surface area (Å²) in [5.41, 5.74) is 11.0. The number of alkyl halides is 3. The molecule has 0 radical (unpaired) electrons. The van der Waals surface area contributed by atoms with Gasteiger partial charge in [0.1, 0.15) is 5.65 Å². The number of hydrogen-bond donors (Lipinski definition) is 2. The molecule has 8 heteroatoms. The molecule has 1 amide bonds. The van der Waals surface area contributed by atoms with Crippen molar-refractivity contribution in [2.24, 2.45) is 5.73 Å². The first kappa shape index (κ1) is 25.0. The summed E-state index contributed by atoms with van der Waals surface area (Å²) >= 11 is 0. The number of nitrogens with one attached hydrogen (secondary N) is 1. The molecule has 0 unspecified atom stereocenters. The van der Waals surface area contributed by atoms with Crippen molar-refractivity contribution < 1.29 is 18.0 Å². The maximum atomic E-state index is 14.2. The Morgan fingerprint density at radius 2 is 1.76 bits per heavy atom. The second-order valence-electron chi connectivity index (χ2n) is 9.97. The molecule has 4 aromatic rings. The first-order valence-electron chi connectivity index (χ1n) is 12.3. The molecule has 37 heavy (non-hydrogen) atoms. The quantitative estimate of drug-likeness (QED) is 0.334. The lowest BCUT2D eigenvalue weighted by Gasteiger charge is -2.31. The highest BCUT2D eigenvalue weighted by Gasteiger charge is 2.36. The fraction of sp³-hybridized carbons (Fsp3) is 0.310. The number of fused-ring (bicyclic) bond motifs is 1. The van der Waals surface area contributed by atoms with Gasteiger partial charge in [-0.1, -0.05) is 18.2 Å². The average Bonchev–Trinajstić information content (AvgIpc) is 3.28. The van der Waals surface area contributed by atoms with Crippen molar-refractivity contribution in [3.63, 3.8) is 0 Å². The van der Waals surface area contributed by atoms with Crippen LogP contribution in [0.4, 0.5) is 13.2 Å². The number of primary amides is 1. The van der Waals surface area contributed by atoms with Gasteiger partial charge in [0.2, 0.25) is 5.91 Å². The minimum Gasteiger partial charge on any atom is -0.366 e. The molecular weight excluding hydrogens is 477 g/mol. The van der Waals surface area contributed by atoms with E-state index < -0.39 is 17.6 Å². The maximum Gasteiger partial charge on any atom is 0.416 e. The van der Waals surface area contributed by atoms with Crippen LogP contribution in [0.1, 0.15) is 51.4 Å². The standard InChI is InChI=1S/C29H29F3N4O/c1-16-17(2)22(27(33)37)7-6-21(16)25-15-35-28-24(25)12-20(14-34-28)19-4-5-23(26(13-19)29(30,31)32)18-8-10-36(3)11-9-18/h4-7,12-15,18H,8-11H2,1-3H3,(H2,33,37)(H,34,35). The van der Waals surface area contributed by atoms with Crippen molar-refractivity contribution >= 4 is 16.9 Å². The molecule has 2 aromatic carbocycles. The van der Waals surface area contributed by atoms with Crippen LogP contribution < -0.4 is 5.73 Å². The first-order chi connectivity index (χ1) is 17.5. The normalized spacial score (nSPS) is 15.4. The number of aromatic nitrogens is 2. The van der Waals surface area contributed by atoms with Crippen LogP contribution in [-0.2, 0) is 6.18 Å². The topological polar surface area (TPSA) is 75.0 Å². The van der Waals surface area contributed by atoms with Crippen LogP contribution in [0.5, 0.6) is 0 Å². The van der Waals surface area contributed by atoms with Crippen LogP contribution in [0, 0.1) is 13.8 Å². The number of likely N-dealkylation sites (tertiary alicyclic amines) is 1. The van der Waals surface area contributed by atoms with Gasteiger partial charge in [0.15, 0.2) is 0 Å². The van der Waals surface area contributed by atoms with Gasteiger partial charge in [-0.15, -0.1) is 0 Å². The van der Waals surface area contributed by atoms with Gasteiger partial charge < -0.3 is 15.6 Å². The molecule has 2 aromatic heterocycles. The van der Waals surface area contributed by atoms with E-state index in [0.717, 1.165) is 40.7 Å². The molecule has 5 rings (SSSR count). The van der Waals surface area contributed by atoms with Gasteiger partial charge in [-0.3, -0.25) is 4.79 Å². The van der Waals surface area contributed by atoms with Crippen molar-refractivity contribution in [2.75, 3.05) is 20.1 Å². The van der Waals surface area contributed by atoms with E-state index >= 15 is 0 Å². The smallest absolute Gasteiger partial charge is 0.366 e. The number of hydrogen-bond acceptors (Lipinski definition) is 3. The monoisotopic (exact) mass is 506 g/mol. The van der Waals surface area contributed by atoms with E-state index in [1.165, 1.54) is 6.07 Å². The Hall–Kier alpha value is -3.65. The molecule has 1 saturated heterocycles. The molecule has 1 aliphatic heterocycles. The van der Waals surface area contributed by atoms with Crippen molar-refractivity contribution in [3.8, 4) is 22.3 Å². The first-order valence-corrected chi connectivity index (χ1v) is 12.3. The number of rotatable bonds is 4. The number of nitrogens with two attached hydrogens (primary N) is 1. The van der Waals surface area contributed by atoms with Crippen LogP contribution in [0.25, 0.3) is 33.3 Å². The van der Waals surface area contributed by atoms with Crippen molar-refractivity contribution in [1.29, 1.82) is 0 Å². The predicted molar refractivity (Wildman–Crippen MR) is 139 cm³/mol. The van der Waals surface area contributed by atoms with Crippen LogP contribution >= 0.6 is 0 Å². The van der Waals surface area contributed by atoms with Gasteiger partial charge in [0.05, 0.1) is 5.56 Å². The van der Waals surface area contributed by atoms with Gasteiger partial charge in [-0.05, 0) is 98.8 Å². The fourth-order valence-corrected chi connectivity index (χ4v) is 5.42. The van der Waals surface area contributed by atoms with Crippen LogP contribution in [-0.4, -0.2) is 40.9 Å². The number of piperidine rings is 1. The number of benzene rings is 2. The predicted octanol–water partition coefficient (Wildman–Crippen LogP) is 6.44. The second-order valence-corrected chi connectivity index (χ2v) is 9.97. The van der Waals surface area contributed by atoms with E-state index in [-0.39, 0.29) is 5.92 Å². The number of carbonyl (C=O) groups is 1. The third-order valence-corrected chi connectivity index (χ3v) is 7.72. The molecule has 5 nitrogen and oxygen atoms in total. The summed E-state index contributed by atoms with van der Waals surface area (Å²) in [5, 5.41) is 0.791. The van der Waals surface area contributed by atoms with Crippen molar-refractivity contribution in [1.82, 2.24) is 14.9 Å². The largest absolute Gasteiger partial charge is 0.416 e. The van der Waals surface area contributed by atoms with E-state index in [4.69, 9.17) is 5.73 Å². The Morgan fingerprint density at radius 3 is 2.43 bits per heavy atom. The lowest BCUT2D eigenvalue weighted by molar-refractivity contribution is -0.138. The number of pyridine rings is 1. The summed E-state index contributed by atoms with van der Waals surface area (Å²) < 4.78 is 42.5. The molecule has 0 bridgehead atoms. The van der Waals surface area contributed by atoms with Gasteiger partial charge in [0.25, 0.3) is 0 Å². The van der Waals surface area contributed by atoms with Crippen molar-refractivity contribution in [2.45, 2.75) is 38.8 Å². The van der Waals surface area contributed by atoms with Gasteiger partial charge in [-0.25, -0.2) is 4.98 Å². The Morgan fingerprint density at radius 1 is 1.03 bits per heavy atom. The zero-order valence-electron chi connectivity index (χ0n) is 21.0. The second kappa shape index (κ2) is 9.34. The van der Waals surface area contributed by atoms with E-state index in [1.807, 2.05) is 39.2 Å². The van der Waals surface area contributed by atoms with Gasteiger partial charge >= 0.3 is 6.18 Å². The summed E-state index contributed by atoms with van der Waals surface area (Å²) in [4.78, 5) is 21.5. The number of amides is 1. The Kier molecular flexibility index (Phi) is 6.31. The highest BCUT2D eigenvalue weighted by Crippen LogP contribution is 2.41. The van der Waals surface area contributed by atoms with E-state index in [9.17, 15) is 18.0 Å². The SMILES string of the molecule is Cc1c(C(N)=O)ccc(-c2c[nH]c3ncc(-c4ccc(C5CCN(C)CC5)c(C(F)(F)F)c4)cc23)c1C. The summed E-state index contributed by atoms with van der Waals surface area (Å²) in [6.45, 7) is 5.35. The zero-order valence-corrected chi connectivity index (χ0v) is 21.0. The minimum absolute atomic E-state index is 0.103. The summed E-state index contributed by atoms with van der Waals surface area (Å²) in [5.74, 6) is -0.590. The molecule has 1 fully saturated rings. The molecule has 3 heterocycles. The Balaban J connectivity index is 1.58. The van der Waals surface area contributed by atoms with E-state index in [0.29, 0.717) is 40.7 Å². The van der Waals surface area contributed by atoms with Crippen molar-refractivity contribution in [3.05, 3.63) is 76.6 Å². The van der Waals surface area contributed by atoms with E-state index in [2.05, 4.69) is 14.9 Å². The highest BCUT2D eigenvalue weighted by atomic mass is 19.4. The Labute approximate surface area is 213 Å². The number of nitrogens with zero attached hydrogens (tertiary/aromatic N) is 2. The minimum atomic E-state index is -4.44. The zero-order chi connectivity index (χ0) is 26.5. The van der Waals surface area contributed by atoms with Gasteiger partial charge in [-0.2, -0.15) is 13.2 Å². The molecule has 0 saturated carbocycles. The molecule has 0 aliphatic carbocycles.